The molecule has 0 aromatic carbocycles. The summed E-state index contributed by atoms with van der Waals surface area (Å²) in [6.07, 6.45) is 1.16. The van der Waals surface area contributed by atoms with Crippen molar-refractivity contribution < 1.29 is 9.84 Å². The molecule has 0 aliphatic heterocycles. The molecule has 0 fully saturated rings. The molecule has 15 heavy (non-hydrogen) atoms. The van der Waals surface area contributed by atoms with Crippen LogP contribution in [0.2, 0.25) is 0 Å². The van der Waals surface area contributed by atoms with Gasteiger partial charge in [0.15, 0.2) is 0 Å². The fourth-order valence-corrected chi connectivity index (χ4v) is 1.29. The lowest BCUT2D eigenvalue weighted by atomic mass is 10.1. The van der Waals surface area contributed by atoms with Crippen molar-refractivity contribution in [3.05, 3.63) is 0 Å². The van der Waals surface area contributed by atoms with Crippen molar-refractivity contribution in [2.75, 3.05) is 13.2 Å². The first-order chi connectivity index (χ1) is 6.97. The van der Waals surface area contributed by atoms with Gasteiger partial charge in [-0.25, -0.2) is 0 Å². The summed E-state index contributed by atoms with van der Waals surface area (Å²) in [5, 5.41) is 12.4. The molecular weight excluding hydrogens is 190 g/mol. The highest BCUT2D eigenvalue weighted by atomic mass is 16.5. The molecule has 0 heterocycles. The molecule has 0 radical (unpaired) electrons. The largest absolute Gasteiger partial charge is 0.395 e. The van der Waals surface area contributed by atoms with Crippen LogP contribution in [0.25, 0.3) is 0 Å². The topological polar surface area (TPSA) is 41.5 Å². The summed E-state index contributed by atoms with van der Waals surface area (Å²) in [7, 11) is 0. The first-order valence-corrected chi connectivity index (χ1v) is 5.95. The van der Waals surface area contributed by atoms with E-state index in [1.165, 1.54) is 0 Å². The Hall–Kier alpha value is -0.120. The van der Waals surface area contributed by atoms with Gasteiger partial charge in [-0.05, 0) is 19.3 Å². The van der Waals surface area contributed by atoms with Crippen molar-refractivity contribution in [2.24, 2.45) is 5.92 Å². The van der Waals surface area contributed by atoms with E-state index in [9.17, 15) is 0 Å². The van der Waals surface area contributed by atoms with Gasteiger partial charge in [-0.2, -0.15) is 0 Å². The smallest absolute Gasteiger partial charge is 0.0585 e. The highest BCUT2D eigenvalue weighted by molar-refractivity contribution is 4.68. The van der Waals surface area contributed by atoms with Crippen molar-refractivity contribution in [2.45, 2.75) is 59.2 Å². The van der Waals surface area contributed by atoms with Crippen LogP contribution in [0.15, 0.2) is 0 Å². The van der Waals surface area contributed by atoms with Crippen LogP contribution in [0.5, 0.6) is 0 Å². The third-order valence-corrected chi connectivity index (χ3v) is 2.58. The number of hydrogen-bond donors (Lipinski definition) is 2. The van der Waals surface area contributed by atoms with E-state index in [0.717, 1.165) is 6.42 Å². The summed E-state index contributed by atoms with van der Waals surface area (Å²) in [5.74, 6) is 0.552. The maximum atomic E-state index is 9.13. The van der Waals surface area contributed by atoms with Crippen molar-refractivity contribution in [1.29, 1.82) is 0 Å². The van der Waals surface area contributed by atoms with Crippen LogP contribution in [-0.4, -0.2) is 36.5 Å². The van der Waals surface area contributed by atoms with Crippen LogP contribution in [0, 0.1) is 5.92 Å². The second-order valence-electron chi connectivity index (χ2n) is 4.81. The number of nitrogens with one attached hydrogen (secondary N) is 1. The zero-order chi connectivity index (χ0) is 11.8. The Morgan fingerprint density at radius 1 is 1.13 bits per heavy atom. The van der Waals surface area contributed by atoms with Gasteiger partial charge in [-0.15, -0.1) is 0 Å². The number of aliphatic hydroxyl groups excluding tert-OH is 1. The molecule has 2 N–H and O–H groups in total. The quantitative estimate of drug-likeness (QED) is 0.651. The molecule has 0 amide bonds. The standard InChI is InChI=1S/C12H27NO2/c1-9(2)11(5)15-7-6-12(8-14)13-10(3)4/h9-14H,6-8H2,1-5H3. The highest BCUT2D eigenvalue weighted by Crippen LogP contribution is 2.06. The minimum absolute atomic E-state index is 0.157. The predicted octanol–water partition coefficient (Wildman–Crippen LogP) is 1.80. The zero-order valence-electron chi connectivity index (χ0n) is 10.8. The van der Waals surface area contributed by atoms with Gasteiger partial charge in [0.2, 0.25) is 0 Å². The van der Waals surface area contributed by atoms with E-state index in [0.29, 0.717) is 24.7 Å². The van der Waals surface area contributed by atoms with Gasteiger partial charge in [-0.1, -0.05) is 27.7 Å². The van der Waals surface area contributed by atoms with Crippen LogP contribution in [0.4, 0.5) is 0 Å². The number of ether oxygens (including phenoxy) is 1. The lowest BCUT2D eigenvalue weighted by Gasteiger charge is -2.21. The number of aliphatic hydroxyl groups is 1. The monoisotopic (exact) mass is 217 g/mol. The molecule has 2 unspecified atom stereocenters. The third-order valence-electron chi connectivity index (χ3n) is 2.58. The zero-order valence-corrected chi connectivity index (χ0v) is 10.8. The van der Waals surface area contributed by atoms with Gasteiger partial charge in [0.25, 0.3) is 0 Å². The fraction of sp³-hybridized carbons (Fsp3) is 1.00. The van der Waals surface area contributed by atoms with Gasteiger partial charge < -0.3 is 15.2 Å². The van der Waals surface area contributed by atoms with Crippen LogP contribution in [-0.2, 0) is 4.74 Å². The Morgan fingerprint density at radius 3 is 2.13 bits per heavy atom. The normalized spacial score (nSPS) is 16.0. The van der Waals surface area contributed by atoms with Gasteiger partial charge in [-0.3, -0.25) is 0 Å². The number of rotatable bonds is 8. The van der Waals surface area contributed by atoms with Crippen LogP contribution in [0.1, 0.15) is 41.0 Å². The van der Waals surface area contributed by atoms with Crippen molar-refractivity contribution in [1.82, 2.24) is 5.32 Å². The Bertz CT molecular complexity index is 149. The molecule has 92 valence electrons. The van der Waals surface area contributed by atoms with Gasteiger partial charge in [0, 0.05) is 18.7 Å². The Balaban J connectivity index is 3.63. The van der Waals surface area contributed by atoms with Crippen LogP contribution in [0.3, 0.4) is 0 Å². The molecule has 0 aliphatic rings. The third kappa shape index (κ3) is 7.77. The summed E-state index contributed by atoms with van der Waals surface area (Å²) in [6.45, 7) is 11.5. The molecule has 0 aromatic heterocycles. The molecule has 3 nitrogen and oxygen atoms in total. The van der Waals surface area contributed by atoms with Crippen molar-refractivity contribution in [3.8, 4) is 0 Å². The molecular formula is C12H27NO2. The summed E-state index contributed by atoms with van der Waals surface area (Å²) < 4.78 is 5.67. The predicted molar refractivity (Wildman–Crippen MR) is 64.0 cm³/mol. The van der Waals surface area contributed by atoms with E-state index >= 15 is 0 Å². The fourth-order valence-electron chi connectivity index (χ4n) is 1.29. The minimum atomic E-state index is 0.157. The second kappa shape index (κ2) is 8.08. The average molecular weight is 217 g/mol. The SMILES string of the molecule is CC(C)NC(CO)CCOC(C)C(C)C. The van der Waals surface area contributed by atoms with Gasteiger partial charge >= 0.3 is 0 Å². The summed E-state index contributed by atoms with van der Waals surface area (Å²) in [5.41, 5.74) is 0. The molecule has 0 aromatic rings. The first kappa shape index (κ1) is 14.9. The van der Waals surface area contributed by atoms with E-state index in [1.807, 2.05) is 0 Å². The number of hydrogen-bond acceptors (Lipinski definition) is 3. The minimum Gasteiger partial charge on any atom is -0.395 e. The van der Waals surface area contributed by atoms with E-state index in [4.69, 9.17) is 9.84 Å². The average Bonchev–Trinajstić information content (AvgIpc) is 2.15. The summed E-state index contributed by atoms with van der Waals surface area (Å²) >= 11 is 0. The maximum Gasteiger partial charge on any atom is 0.0585 e. The summed E-state index contributed by atoms with van der Waals surface area (Å²) in [4.78, 5) is 0. The molecule has 2 atom stereocenters. The second-order valence-corrected chi connectivity index (χ2v) is 4.81. The van der Waals surface area contributed by atoms with Crippen molar-refractivity contribution in [3.63, 3.8) is 0 Å². The lowest BCUT2D eigenvalue weighted by Crippen LogP contribution is -2.38. The molecule has 0 saturated carbocycles. The van der Waals surface area contributed by atoms with Crippen LogP contribution >= 0.6 is 0 Å². The van der Waals surface area contributed by atoms with E-state index < -0.39 is 0 Å². The molecule has 0 saturated heterocycles. The van der Waals surface area contributed by atoms with Crippen molar-refractivity contribution >= 4 is 0 Å². The first-order valence-electron chi connectivity index (χ1n) is 5.95. The van der Waals surface area contributed by atoms with E-state index in [1.54, 1.807) is 0 Å². The van der Waals surface area contributed by atoms with Gasteiger partial charge in [0.1, 0.15) is 0 Å². The van der Waals surface area contributed by atoms with E-state index in [2.05, 4.69) is 39.9 Å². The van der Waals surface area contributed by atoms with Crippen LogP contribution < -0.4 is 5.32 Å². The van der Waals surface area contributed by atoms with E-state index in [-0.39, 0.29) is 12.6 Å². The molecule has 0 rings (SSSR count). The lowest BCUT2D eigenvalue weighted by molar-refractivity contribution is 0.0267. The molecule has 0 spiro atoms. The summed E-state index contributed by atoms with van der Waals surface area (Å²) in [6, 6.07) is 0.564. The highest BCUT2D eigenvalue weighted by Gasteiger charge is 2.11. The Labute approximate surface area is 94.2 Å². The maximum absolute atomic E-state index is 9.13. The molecule has 3 heteroatoms. The molecule has 0 aliphatic carbocycles. The Morgan fingerprint density at radius 2 is 1.73 bits per heavy atom. The Kier molecular flexibility index (Phi) is 8.02. The molecule has 0 bridgehead atoms. The van der Waals surface area contributed by atoms with Gasteiger partial charge in [0.05, 0.1) is 12.7 Å².